The molecule has 0 aliphatic heterocycles. The van der Waals surface area contributed by atoms with Crippen molar-refractivity contribution < 1.29 is 0 Å². The smallest absolute Gasteiger partial charge is 0.164 e. The summed E-state index contributed by atoms with van der Waals surface area (Å²) in [6.07, 6.45) is 1.85. The van der Waals surface area contributed by atoms with Gasteiger partial charge in [-0.3, -0.25) is 4.57 Å². The molecule has 0 aliphatic rings. The fourth-order valence-corrected chi connectivity index (χ4v) is 7.53. The lowest BCUT2D eigenvalue weighted by molar-refractivity contribution is 1.05. The Kier molecular flexibility index (Phi) is 5.72. The zero-order valence-corrected chi connectivity index (χ0v) is 26.2. The number of nitrogens with zero attached hydrogens (tertiary/aromatic N) is 5. The standard InChI is InChI=1S/C43H29N5/c1-28-13-2-7-19-37(28)48-42(45-36-18-12-24-44-43(36)48)29-25-30(46-38-20-8-3-14-32(38)33-15-4-9-21-39(33)46)27-31(26-29)47-40-22-10-5-16-34(40)35-17-6-11-23-41(35)47/h2-27H,1H3. The van der Waals surface area contributed by atoms with Crippen molar-refractivity contribution in [2.45, 2.75) is 6.92 Å². The summed E-state index contributed by atoms with van der Waals surface area (Å²) < 4.78 is 7.00. The Labute approximate surface area is 276 Å². The highest BCUT2D eigenvalue weighted by atomic mass is 15.1. The highest BCUT2D eigenvalue weighted by Crippen LogP contribution is 2.38. The van der Waals surface area contributed by atoms with Crippen LogP contribution in [-0.2, 0) is 0 Å². The van der Waals surface area contributed by atoms with Crippen molar-refractivity contribution in [1.82, 2.24) is 23.7 Å². The normalized spacial score (nSPS) is 11.9. The molecule has 48 heavy (non-hydrogen) atoms. The second kappa shape index (κ2) is 10.3. The number of aromatic nitrogens is 5. The molecule has 4 aromatic heterocycles. The van der Waals surface area contributed by atoms with E-state index >= 15 is 0 Å². The van der Waals surface area contributed by atoms with E-state index in [1.165, 1.54) is 21.5 Å². The molecule has 6 aromatic carbocycles. The Morgan fingerprint density at radius 3 is 1.46 bits per heavy atom. The SMILES string of the molecule is Cc1ccccc1-n1c(-c2cc(-n3c4ccccc4c4ccccc43)cc(-n3c4ccccc4c4ccccc43)c2)nc2cccnc21. The zero-order valence-electron chi connectivity index (χ0n) is 26.2. The van der Waals surface area contributed by atoms with Gasteiger partial charge >= 0.3 is 0 Å². The topological polar surface area (TPSA) is 40.6 Å². The van der Waals surface area contributed by atoms with Crippen molar-refractivity contribution in [3.05, 3.63) is 163 Å². The van der Waals surface area contributed by atoms with Gasteiger partial charge in [-0.2, -0.15) is 0 Å². The number of hydrogen-bond donors (Lipinski definition) is 0. The lowest BCUT2D eigenvalue weighted by atomic mass is 10.1. The largest absolute Gasteiger partial charge is 0.309 e. The maximum Gasteiger partial charge on any atom is 0.164 e. The fourth-order valence-electron chi connectivity index (χ4n) is 7.53. The molecule has 0 atom stereocenters. The van der Waals surface area contributed by atoms with Crippen molar-refractivity contribution in [1.29, 1.82) is 0 Å². The van der Waals surface area contributed by atoms with Crippen LogP contribution < -0.4 is 0 Å². The Morgan fingerprint density at radius 1 is 0.458 bits per heavy atom. The Balaban J connectivity index is 1.36. The van der Waals surface area contributed by atoms with E-state index in [0.29, 0.717) is 0 Å². The molecular formula is C43H29N5. The first-order chi connectivity index (χ1) is 23.7. The third-order valence-electron chi connectivity index (χ3n) is 9.61. The number of aryl methyl sites for hydroxylation is 1. The molecule has 0 saturated carbocycles. The zero-order chi connectivity index (χ0) is 31.8. The molecule has 0 saturated heterocycles. The molecule has 0 N–H and O–H groups in total. The van der Waals surface area contributed by atoms with Gasteiger partial charge in [0.05, 0.1) is 27.8 Å². The summed E-state index contributed by atoms with van der Waals surface area (Å²) in [7, 11) is 0. The molecule has 226 valence electrons. The summed E-state index contributed by atoms with van der Waals surface area (Å²) in [5, 5.41) is 4.92. The minimum absolute atomic E-state index is 0.836. The number of pyridine rings is 1. The van der Waals surface area contributed by atoms with E-state index in [1.807, 2.05) is 18.3 Å². The van der Waals surface area contributed by atoms with Crippen molar-refractivity contribution in [3.63, 3.8) is 0 Å². The van der Waals surface area contributed by atoms with Crippen LogP contribution in [0.2, 0.25) is 0 Å². The Hall–Kier alpha value is -6.46. The molecule has 0 unspecified atom stereocenters. The summed E-state index contributed by atoms with van der Waals surface area (Å²) in [5.41, 5.74) is 11.7. The van der Waals surface area contributed by atoms with E-state index in [0.717, 1.165) is 67.2 Å². The van der Waals surface area contributed by atoms with Gasteiger partial charge in [-0.25, -0.2) is 9.97 Å². The van der Waals surface area contributed by atoms with Gasteiger partial charge in [0.1, 0.15) is 11.3 Å². The summed E-state index contributed by atoms with van der Waals surface area (Å²) in [5.74, 6) is 0.850. The van der Waals surface area contributed by atoms with Crippen LogP contribution >= 0.6 is 0 Å². The van der Waals surface area contributed by atoms with Crippen LogP contribution in [0.3, 0.4) is 0 Å². The second-order valence-corrected chi connectivity index (χ2v) is 12.4. The molecule has 0 bridgehead atoms. The Morgan fingerprint density at radius 2 is 0.938 bits per heavy atom. The monoisotopic (exact) mass is 615 g/mol. The molecule has 4 heterocycles. The van der Waals surface area contributed by atoms with Crippen molar-refractivity contribution in [3.8, 4) is 28.5 Å². The molecule has 0 spiro atoms. The second-order valence-electron chi connectivity index (χ2n) is 12.4. The van der Waals surface area contributed by atoms with Crippen LogP contribution in [0.15, 0.2) is 158 Å². The van der Waals surface area contributed by atoms with E-state index in [4.69, 9.17) is 9.97 Å². The molecule has 5 nitrogen and oxygen atoms in total. The van der Waals surface area contributed by atoms with Gasteiger partial charge in [0.25, 0.3) is 0 Å². The van der Waals surface area contributed by atoms with Crippen molar-refractivity contribution in [2.24, 2.45) is 0 Å². The van der Waals surface area contributed by atoms with Crippen LogP contribution in [0.5, 0.6) is 0 Å². The van der Waals surface area contributed by atoms with Crippen LogP contribution in [0.25, 0.3) is 83.2 Å². The quantitative estimate of drug-likeness (QED) is 0.198. The first kappa shape index (κ1) is 26.7. The van der Waals surface area contributed by atoms with Gasteiger partial charge in [-0.1, -0.05) is 91.0 Å². The van der Waals surface area contributed by atoms with Gasteiger partial charge in [-0.15, -0.1) is 0 Å². The molecule has 0 fully saturated rings. The van der Waals surface area contributed by atoms with Crippen LogP contribution in [-0.4, -0.2) is 23.7 Å². The lowest BCUT2D eigenvalue weighted by Gasteiger charge is -2.17. The minimum Gasteiger partial charge on any atom is -0.309 e. The molecule has 5 heteroatoms. The number of hydrogen-bond acceptors (Lipinski definition) is 2. The lowest BCUT2D eigenvalue weighted by Crippen LogP contribution is -2.04. The fraction of sp³-hybridized carbons (Fsp3) is 0.0233. The Bertz CT molecular complexity index is 2630. The van der Waals surface area contributed by atoms with Gasteiger partial charge in [0.15, 0.2) is 5.65 Å². The van der Waals surface area contributed by atoms with E-state index < -0.39 is 0 Å². The molecule has 0 radical (unpaired) electrons. The maximum atomic E-state index is 5.28. The number of benzene rings is 6. The average molecular weight is 616 g/mol. The minimum atomic E-state index is 0.836. The van der Waals surface area contributed by atoms with Gasteiger partial charge in [0, 0.05) is 44.7 Å². The predicted molar refractivity (Wildman–Crippen MR) is 198 cm³/mol. The summed E-state index contributed by atoms with van der Waals surface area (Å²) in [6.45, 7) is 2.14. The van der Waals surface area contributed by atoms with Gasteiger partial charge < -0.3 is 9.13 Å². The first-order valence-electron chi connectivity index (χ1n) is 16.3. The molecule has 0 aliphatic carbocycles. The van der Waals surface area contributed by atoms with Crippen molar-refractivity contribution in [2.75, 3.05) is 0 Å². The third-order valence-corrected chi connectivity index (χ3v) is 9.61. The molecular weight excluding hydrogens is 587 g/mol. The summed E-state index contributed by atoms with van der Waals surface area (Å²) >= 11 is 0. The first-order valence-corrected chi connectivity index (χ1v) is 16.3. The molecule has 10 rings (SSSR count). The van der Waals surface area contributed by atoms with Crippen molar-refractivity contribution >= 4 is 54.8 Å². The van der Waals surface area contributed by atoms with Gasteiger partial charge in [0.2, 0.25) is 0 Å². The van der Waals surface area contributed by atoms with Crippen LogP contribution in [0.1, 0.15) is 5.56 Å². The third kappa shape index (κ3) is 3.85. The molecule has 0 amide bonds. The summed E-state index contributed by atoms with van der Waals surface area (Å²) in [6, 6.07) is 54.1. The van der Waals surface area contributed by atoms with Crippen LogP contribution in [0.4, 0.5) is 0 Å². The molecule has 10 aromatic rings. The highest BCUT2D eigenvalue weighted by Gasteiger charge is 2.21. The number of para-hydroxylation sites is 5. The van der Waals surface area contributed by atoms with E-state index in [2.05, 4.69) is 160 Å². The van der Waals surface area contributed by atoms with Gasteiger partial charge in [-0.05, 0) is 73.2 Å². The van der Waals surface area contributed by atoms with E-state index in [-0.39, 0.29) is 0 Å². The van der Waals surface area contributed by atoms with Crippen LogP contribution in [0, 0.1) is 6.92 Å². The number of fused-ring (bicyclic) bond motifs is 7. The number of imidazole rings is 1. The van der Waals surface area contributed by atoms with E-state index in [1.54, 1.807) is 0 Å². The predicted octanol–water partition coefficient (Wildman–Crippen LogP) is 10.6. The number of rotatable bonds is 4. The maximum absolute atomic E-state index is 5.28. The van der Waals surface area contributed by atoms with E-state index in [9.17, 15) is 0 Å². The summed E-state index contributed by atoms with van der Waals surface area (Å²) in [4.78, 5) is 10.1. The highest BCUT2D eigenvalue weighted by molar-refractivity contribution is 6.10. The average Bonchev–Trinajstić information content (AvgIpc) is 3.80.